The van der Waals surface area contributed by atoms with Gasteiger partial charge in [0.1, 0.15) is 11.6 Å². The van der Waals surface area contributed by atoms with Crippen LogP contribution in [0.4, 0.5) is 5.82 Å². The van der Waals surface area contributed by atoms with Gasteiger partial charge in [-0.15, -0.1) is 0 Å². The van der Waals surface area contributed by atoms with Gasteiger partial charge in [-0.2, -0.15) is 4.98 Å². The summed E-state index contributed by atoms with van der Waals surface area (Å²) < 4.78 is 5.51. The minimum absolute atomic E-state index is 0.502. The van der Waals surface area contributed by atoms with Gasteiger partial charge in [0, 0.05) is 18.7 Å². The van der Waals surface area contributed by atoms with Crippen LogP contribution in [0.3, 0.4) is 0 Å². The number of nitrogens with zero attached hydrogens (tertiary/aromatic N) is 3. The van der Waals surface area contributed by atoms with Crippen molar-refractivity contribution in [1.29, 1.82) is 0 Å². The Morgan fingerprint density at radius 2 is 2.26 bits per heavy atom. The number of piperidine rings is 1. The fourth-order valence-electron chi connectivity index (χ4n) is 2.69. The van der Waals surface area contributed by atoms with Gasteiger partial charge < -0.3 is 15.4 Å². The van der Waals surface area contributed by atoms with Gasteiger partial charge >= 0.3 is 0 Å². The third-order valence-corrected chi connectivity index (χ3v) is 3.51. The molecule has 0 saturated carbocycles. The van der Waals surface area contributed by atoms with Crippen molar-refractivity contribution < 1.29 is 4.74 Å². The average Bonchev–Trinajstić information content (AvgIpc) is 2.39. The third kappa shape index (κ3) is 3.56. The van der Waals surface area contributed by atoms with E-state index in [1.54, 1.807) is 0 Å². The molecule has 1 unspecified atom stereocenters. The Kier molecular flexibility index (Phi) is 4.96. The first kappa shape index (κ1) is 14.1. The van der Waals surface area contributed by atoms with Gasteiger partial charge in [-0.1, -0.05) is 0 Å². The number of nitrogens with two attached hydrogens (primary N) is 1. The maximum Gasteiger partial charge on any atom is 0.218 e. The molecule has 5 heteroatoms. The summed E-state index contributed by atoms with van der Waals surface area (Å²) in [5.74, 6) is 2.41. The maximum atomic E-state index is 5.72. The number of hydrogen-bond acceptors (Lipinski definition) is 5. The number of anilines is 1. The molecular weight excluding hydrogens is 240 g/mol. The Bertz CT molecular complexity index is 408. The standard InChI is InChI=1S/C14H24N4O/c1-3-19-14-10-13(16-11(2)17-14)18-9-5-4-6-12(18)7-8-15/h10,12H,3-9,15H2,1-2H3. The topological polar surface area (TPSA) is 64.3 Å². The molecular formula is C14H24N4O. The largest absolute Gasteiger partial charge is 0.478 e. The predicted octanol–water partition coefficient (Wildman–Crippen LogP) is 1.89. The summed E-state index contributed by atoms with van der Waals surface area (Å²) in [5.41, 5.74) is 5.72. The lowest BCUT2D eigenvalue weighted by molar-refractivity contribution is 0.325. The van der Waals surface area contributed by atoms with Crippen molar-refractivity contribution in [3.63, 3.8) is 0 Å². The zero-order valence-electron chi connectivity index (χ0n) is 11.9. The van der Waals surface area contributed by atoms with Crippen molar-refractivity contribution in [2.45, 2.75) is 45.6 Å². The van der Waals surface area contributed by atoms with Crippen LogP contribution in [0, 0.1) is 6.92 Å². The molecule has 0 aromatic carbocycles. The first-order chi connectivity index (χ1) is 9.24. The van der Waals surface area contributed by atoms with E-state index in [-0.39, 0.29) is 0 Å². The number of hydrogen-bond donors (Lipinski definition) is 1. The molecule has 5 nitrogen and oxygen atoms in total. The van der Waals surface area contributed by atoms with Gasteiger partial charge in [0.25, 0.3) is 0 Å². The molecule has 1 atom stereocenters. The molecule has 19 heavy (non-hydrogen) atoms. The zero-order chi connectivity index (χ0) is 13.7. The molecule has 1 aliphatic rings. The summed E-state index contributed by atoms with van der Waals surface area (Å²) in [7, 11) is 0. The van der Waals surface area contributed by atoms with E-state index in [0.29, 0.717) is 18.5 Å². The second-order valence-electron chi connectivity index (χ2n) is 4.96. The molecule has 0 radical (unpaired) electrons. The minimum Gasteiger partial charge on any atom is -0.478 e. The Morgan fingerprint density at radius 1 is 1.42 bits per heavy atom. The molecule has 2 heterocycles. The number of aromatic nitrogens is 2. The normalized spacial score (nSPS) is 19.5. The summed E-state index contributed by atoms with van der Waals surface area (Å²) in [6.45, 7) is 6.28. The van der Waals surface area contributed by atoms with E-state index < -0.39 is 0 Å². The average molecular weight is 264 g/mol. The van der Waals surface area contributed by atoms with Crippen LogP contribution in [0.15, 0.2) is 6.07 Å². The molecule has 1 aliphatic heterocycles. The molecule has 1 fully saturated rings. The van der Waals surface area contributed by atoms with Crippen LogP contribution in [-0.4, -0.2) is 35.7 Å². The Balaban J connectivity index is 2.22. The van der Waals surface area contributed by atoms with Crippen LogP contribution in [0.25, 0.3) is 0 Å². The lowest BCUT2D eigenvalue weighted by atomic mass is 9.99. The SMILES string of the molecule is CCOc1cc(N2CCCCC2CCN)nc(C)n1. The van der Waals surface area contributed by atoms with E-state index >= 15 is 0 Å². The predicted molar refractivity (Wildman–Crippen MR) is 76.6 cm³/mol. The fourth-order valence-corrected chi connectivity index (χ4v) is 2.69. The number of aryl methyl sites for hydroxylation is 1. The monoisotopic (exact) mass is 264 g/mol. The summed E-state index contributed by atoms with van der Waals surface area (Å²) >= 11 is 0. The first-order valence-electron chi connectivity index (χ1n) is 7.19. The summed E-state index contributed by atoms with van der Waals surface area (Å²) in [5, 5.41) is 0. The van der Waals surface area contributed by atoms with E-state index in [4.69, 9.17) is 10.5 Å². The van der Waals surface area contributed by atoms with E-state index in [1.165, 1.54) is 19.3 Å². The quantitative estimate of drug-likeness (QED) is 0.880. The van der Waals surface area contributed by atoms with E-state index in [9.17, 15) is 0 Å². The summed E-state index contributed by atoms with van der Waals surface area (Å²) in [4.78, 5) is 11.2. The second kappa shape index (κ2) is 6.70. The van der Waals surface area contributed by atoms with Crippen LogP contribution < -0.4 is 15.4 Å². The van der Waals surface area contributed by atoms with Gasteiger partial charge in [-0.3, -0.25) is 0 Å². The third-order valence-electron chi connectivity index (χ3n) is 3.51. The number of rotatable bonds is 5. The highest BCUT2D eigenvalue weighted by Crippen LogP contribution is 2.26. The molecule has 106 valence electrons. The first-order valence-corrected chi connectivity index (χ1v) is 7.19. The van der Waals surface area contributed by atoms with Crippen molar-refractivity contribution in [3.05, 3.63) is 11.9 Å². The van der Waals surface area contributed by atoms with Crippen LogP contribution in [0.1, 0.15) is 38.4 Å². The Hall–Kier alpha value is -1.36. The highest BCUT2D eigenvalue weighted by Gasteiger charge is 2.23. The zero-order valence-corrected chi connectivity index (χ0v) is 11.9. The van der Waals surface area contributed by atoms with Gasteiger partial charge in [-0.05, 0) is 46.1 Å². The molecule has 2 rings (SSSR count). The molecule has 0 bridgehead atoms. The van der Waals surface area contributed by atoms with Crippen LogP contribution in [0.2, 0.25) is 0 Å². The minimum atomic E-state index is 0.502. The van der Waals surface area contributed by atoms with Crippen molar-refractivity contribution in [3.8, 4) is 5.88 Å². The van der Waals surface area contributed by atoms with Crippen LogP contribution in [-0.2, 0) is 0 Å². The molecule has 1 aromatic rings. The molecule has 2 N–H and O–H groups in total. The lowest BCUT2D eigenvalue weighted by Crippen LogP contribution is -2.41. The highest BCUT2D eigenvalue weighted by atomic mass is 16.5. The van der Waals surface area contributed by atoms with Gasteiger partial charge in [0.05, 0.1) is 6.61 Å². The maximum absolute atomic E-state index is 5.72. The van der Waals surface area contributed by atoms with Crippen molar-refractivity contribution >= 4 is 5.82 Å². The molecule has 1 aromatic heterocycles. The molecule has 1 saturated heterocycles. The molecule has 0 spiro atoms. The van der Waals surface area contributed by atoms with Gasteiger partial charge in [-0.25, -0.2) is 4.98 Å². The lowest BCUT2D eigenvalue weighted by Gasteiger charge is -2.36. The van der Waals surface area contributed by atoms with Crippen molar-refractivity contribution in [2.75, 3.05) is 24.6 Å². The Labute approximate surface area is 115 Å². The fraction of sp³-hybridized carbons (Fsp3) is 0.714. The van der Waals surface area contributed by atoms with Gasteiger partial charge in [0.15, 0.2) is 0 Å². The van der Waals surface area contributed by atoms with Crippen LogP contribution >= 0.6 is 0 Å². The molecule has 0 amide bonds. The number of ether oxygens (including phenoxy) is 1. The van der Waals surface area contributed by atoms with Crippen molar-refractivity contribution in [2.24, 2.45) is 5.73 Å². The van der Waals surface area contributed by atoms with E-state index in [2.05, 4.69) is 14.9 Å². The van der Waals surface area contributed by atoms with E-state index in [1.807, 2.05) is 19.9 Å². The van der Waals surface area contributed by atoms with Crippen LogP contribution in [0.5, 0.6) is 5.88 Å². The smallest absolute Gasteiger partial charge is 0.218 e. The second-order valence-corrected chi connectivity index (χ2v) is 4.96. The van der Waals surface area contributed by atoms with Gasteiger partial charge in [0.2, 0.25) is 5.88 Å². The molecule has 0 aliphatic carbocycles. The van der Waals surface area contributed by atoms with E-state index in [0.717, 1.165) is 31.2 Å². The summed E-state index contributed by atoms with van der Waals surface area (Å²) in [6.07, 6.45) is 4.72. The summed E-state index contributed by atoms with van der Waals surface area (Å²) in [6, 6.07) is 2.45. The Morgan fingerprint density at radius 3 is 3.00 bits per heavy atom. The highest BCUT2D eigenvalue weighted by molar-refractivity contribution is 5.43. The van der Waals surface area contributed by atoms with Crippen molar-refractivity contribution in [1.82, 2.24) is 9.97 Å².